The van der Waals surface area contributed by atoms with Crippen molar-refractivity contribution < 1.29 is 0 Å². The molecule has 0 atom stereocenters. The van der Waals surface area contributed by atoms with Gasteiger partial charge in [-0.05, 0) is 51.4 Å². The SMILES string of the molecule is Nc1ncc(I)c2c1c(Br)nn2C1CC1. The summed E-state index contributed by atoms with van der Waals surface area (Å²) in [6.07, 6.45) is 4.22. The van der Waals surface area contributed by atoms with Crippen LogP contribution >= 0.6 is 38.5 Å². The zero-order chi connectivity index (χ0) is 10.6. The molecule has 0 aromatic carbocycles. The van der Waals surface area contributed by atoms with Crippen molar-refractivity contribution in [3.8, 4) is 0 Å². The molecule has 0 unspecified atom stereocenters. The summed E-state index contributed by atoms with van der Waals surface area (Å²) in [7, 11) is 0. The first-order valence-electron chi connectivity index (χ1n) is 4.66. The fourth-order valence-corrected chi connectivity index (χ4v) is 2.92. The molecule has 1 aliphatic carbocycles. The number of nitrogens with zero attached hydrogens (tertiary/aromatic N) is 3. The maximum atomic E-state index is 5.86. The Morgan fingerprint density at radius 3 is 2.93 bits per heavy atom. The Bertz CT molecular complexity index is 547. The summed E-state index contributed by atoms with van der Waals surface area (Å²) in [6.45, 7) is 0. The van der Waals surface area contributed by atoms with Gasteiger partial charge in [-0.25, -0.2) is 4.98 Å². The first kappa shape index (κ1) is 9.83. The normalized spacial score (nSPS) is 16.1. The van der Waals surface area contributed by atoms with E-state index in [-0.39, 0.29) is 0 Å². The van der Waals surface area contributed by atoms with Crippen LogP contribution in [0, 0.1) is 3.57 Å². The standard InChI is InChI=1S/C9H8BrIN4/c10-8-6-7(5(11)3-13-9(6)12)15(14-8)4-1-2-4/h3-4H,1-2H2,(H2,12,13). The lowest BCUT2D eigenvalue weighted by atomic mass is 10.3. The van der Waals surface area contributed by atoms with Crippen LogP contribution in [0.5, 0.6) is 0 Å². The molecule has 0 bridgehead atoms. The van der Waals surface area contributed by atoms with Gasteiger partial charge >= 0.3 is 0 Å². The Balaban J connectivity index is 2.42. The van der Waals surface area contributed by atoms with E-state index in [1.54, 1.807) is 6.20 Å². The van der Waals surface area contributed by atoms with Gasteiger partial charge in [0, 0.05) is 6.20 Å². The molecule has 0 radical (unpaired) electrons. The number of aromatic nitrogens is 3. The Hall–Kier alpha value is -0.370. The molecule has 1 saturated carbocycles. The van der Waals surface area contributed by atoms with Crippen LogP contribution in [0.1, 0.15) is 18.9 Å². The minimum Gasteiger partial charge on any atom is -0.383 e. The molecule has 1 aliphatic rings. The zero-order valence-electron chi connectivity index (χ0n) is 7.74. The van der Waals surface area contributed by atoms with Crippen LogP contribution < -0.4 is 5.73 Å². The van der Waals surface area contributed by atoms with Gasteiger partial charge in [0.15, 0.2) is 0 Å². The van der Waals surface area contributed by atoms with E-state index >= 15 is 0 Å². The average Bonchev–Trinajstić information content (AvgIpc) is 2.97. The van der Waals surface area contributed by atoms with Gasteiger partial charge in [0.2, 0.25) is 0 Å². The second-order valence-corrected chi connectivity index (χ2v) is 5.59. The van der Waals surface area contributed by atoms with Gasteiger partial charge in [0.1, 0.15) is 10.4 Å². The molecule has 0 spiro atoms. The summed E-state index contributed by atoms with van der Waals surface area (Å²) in [5, 5.41) is 5.42. The van der Waals surface area contributed by atoms with Gasteiger partial charge < -0.3 is 5.73 Å². The lowest BCUT2D eigenvalue weighted by Gasteiger charge is -2.02. The number of pyridine rings is 1. The van der Waals surface area contributed by atoms with Gasteiger partial charge in [-0.2, -0.15) is 5.10 Å². The fraction of sp³-hybridized carbons (Fsp3) is 0.333. The Morgan fingerprint density at radius 1 is 1.53 bits per heavy atom. The molecule has 2 heterocycles. The molecule has 15 heavy (non-hydrogen) atoms. The third-order valence-electron chi connectivity index (χ3n) is 2.56. The summed E-state index contributed by atoms with van der Waals surface area (Å²) in [4.78, 5) is 4.15. The van der Waals surface area contributed by atoms with Gasteiger partial charge in [0.05, 0.1) is 20.5 Å². The van der Waals surface area contributed by atoms with E-state index in [1.165, 1.54) is 12.8 Å². The predicted molar refractivity (Wildman–Crippen MR) is 70.6 cm³/mol. The molecule has 6 heteroatoms. The second kappa shape index (κ2) is 3.31. The van der Waals surface area contributed by atoms with Crippen LogP contribution in [0.4, 0.5) is 5.82 Å². The molecule has 3 rings (SSSR count). The Labute approximate surface area is 108 Å². The topological polar surface area (TPSA) is 56.7 Å². The average molecular weight is 379 g/mol. The smallest absolute Gasteiger partial charge is 0.139 e. The number of nitrogens with two attached hydrogens (primary N) is 1. The summed E-state index contributed by atoms with van der Waals surface area (Å²) in [5.74, 6) is 0.546. The van der Waals surface area contributed by atoms with E-state index in [0.29, 0.717) is 11.9 Å². The first-order valence-corrected chi connectivity index (χ1v) is 6.53. The van der Waals surface area contributed by atoms with Crippen molar-refractivity contribution in [2.24, 2.45) is 0 Å². The quantitative estimate of drug-likeness (QED) is 0.776. The summed E-state index contributed by atoms with van der Waals surface area (Å²) < 4.78 is 3.97. The van der Waals surface area contributed by atoms with Crippen molar-refractivity contribution in [1.29, 1.82) is 0 Å². The van der Waals surface area contributed by atoms with E-state index in [1.807, 2.05) is 0 Å². The Kier molecular flexibility index (Phi) is 2.17. The highest BCUT2D eigenvalue weighted by atomic mass is 127. The van der Waals surface area contributed by atoms with E-state index in [2.05, 4.69) is 53.3 Å². The monoisotopic (exact) mass is 378 g/mol. The molecule has 2 aromatic heterocycles. The van der Waals surface area contributed by atoms with Crippen molar-refractivity contribution in [2.45, 2.75) is 18.9 Å². The highest BCUT2D eigenvalue weighted by molar-refractivity contribution is 14.1. The third kappa shape index (κ3) is 1.45. The number of nitrogen functional groups attached to an aromatic ring is 1. The minimum atomic E-state index is 0.546. The lowest BCUT2D eigenvalue weighted by molar-refractivity contribution is 0.659. The number of rotatable bonds is 1. The van der Waals surface area contributed by atoms with Gasteiger partial charge in [-0.1, -0.05) is 0 Å². The van der Waals surface area contributed by atoms with E-state index < -0.39 is 0 Å². The van der Waals surface area contributed by atoms with Crippen molar-refractivity contribution in [3.63, 3.8) is 0 Å². The maximum absolute atomic E-state index is 5.86. The lowest BCUT2D eigenvalue weighted by Crippen LogP contribution is -1.98. The van der Waals surface area contributed by atoms with Crippen LogP contribution in [0.25, 0.3) is 10.9 Å². The predicted octanol–water partition coefficient (Wildman–Crippen LogP) is 2.72. The molecule has 0 saturated heterocycles. The maximum Gasteiger partial charge on any atom is 0.139 e. The molecule has 4 nitrogen and oxygen atoms in total. The van der Waals surface area contributed by atoms with Crippen molar-refractivity contribution >= 4 is 55.2 Å². The summed E-state index contributed by atoms with van der Waals surface area (Å²) >= 11 is 5.72. The zero-order valence-corrected chi connectivity index (χ0v) is 11.5. The summed E-state index contributed by atoms with van der Waals surface area (Å²) in [5.41, 5.74) is 6.97. The highest BCUT2D eigenvalue weighted by Gasteiger charge is 2.28. The van der Waals surface area contributed by atoms with E-state index in [9.17, 15) is 0 Å². The molecule has 78 valence electrons. The Morgan fingerprint density at radius 2 is 2.27 bits per heavy atom. The number of fused-ring (bicyclic) bond motifs is 1. The second-order valence-electron chi connectivity index (χ2n) is 3.68. The highest BCUT2D eigenvalue weighted by Crippen LogP contribution is 2.40. The van der Waals surface area contributed by atoms with Crippen LogP contribution in [0.15, 0.2) is 10.8 Å². The van der Waals surface area contributed by atoms with Crippen LogP contribution in [-0.2, 0) is 0 Å². The largest absolute Gasteiger partial charge is 0.383 e. The number of hydrogen-bond acceptors (Lipinski definition) is 3. The van der Waals surface area contributed by atoms with Crippen LogP contribution in [0.2, 0.25) is 0 Å². The van der Waals surface area contributed by atoms with E-state index in [0.717, 1.165) is 19.1 Å². The van der Waals surface area contributed by atoms with Crippen molar-refractivity contribution in [3.05, 3.63) is 14.4 Å². The molecule has 1 fully saturated rings. The van der Waals surface area contributed by atoms with Gasteiger partial charge in [0.25, 0.3) is 0 Å². The molecular formula is C9H8BrIN4. The van der Waals surface area contributed by atoms with Crippen molar-refractivity contribution in [1.82, 2.24) is 14.8 Å². The number of anilines is 1. The van der Waals surface area contributed by atoms with E-state index in [4.69, 9.17) is 5.73 Å². The van der Waals surface area contributed by atoms with Gasteiger partial charge in [-0.15, -0.1) is 0 Å². The molecule has 2 aromatic rings. The first-order chi connectivity index (χ1) is 7.18. The summed E-state index contributed by atoms with van der Waals surface area (Å²) in [6, 6.07) is 0.550. The molecule has 2 N–H and O–H groups in total. The molecular weight excluding hydrogens is 371 g/mol. The van der Waals surface area contributed by atoms with Crippen LogP contribution in [0.3, 0.4) is 0 Å². The van der Waals surface area contributed by atoms with Crippen molar-refractivity contribution in [2.75, 3.05) is 5.73 Å². The van der Waals surface area contributed by atoms with Gasteiger partial charge in [-0.3, -0.25) is 4.68 Å². The number of halogens is 2. The minimum absolute atomic E-state index is 0.546. The van der Waals surface area contributed by atoms with Crippen LogP contribution in [-0.4, -0.2) is 14.8 Å². The number of hydrogen-bond donors (Lipinski definition) is 1. The fourth-order valence-electron chi connectivity index (χ4n) is 1.70. The molecule has 0 aliphatic heterocycles. The third-order valence-corrected chi connectivity index (χ3v) is 3.90. The molecule has 0 amide bonds.